The lowest BCUT2D eigenvalue weighted by Gasteiger charge is -2.44. The molecule has 4 heterocycles. The van der Waals surface area contributed by atoms with Crippen LogP contribution < -0.4 is 20.6 Å². The van der Waals surface area contributed by atoms with Crippen LogP contribution >= 0.6 is 0 Å². The van der Waals surface area contributed by atoms with E-state index in [9.17, 15) is 0 Å². The molecular weight excluding hydrogens is 523 g/mol. The van der Waals surface area contributed by atoms with E-state index in [0.717, 1.165) is 22.9 Å². The molecule has 0 N–H and O–H groups in total. The van der Waals surface area contributed by atoms with Crippen molar-refractivity contribution in [1.29, 1.82) is 0 Å². The average molecular weight is 548 g/mol. The third kappa shape index (κ3) is 2.41. The lowest BCUT2D eigenvalue weighted by atomic mass is 9.44. The molecule has 7 aromatic rings. The summed E-state index contributed by atoms with van der Waals surface area (Å²) >= 11 is 0. The van der Waals surface area contributed by atoms with Crippen LogP contribution in [0.3, 0.4) is 0 Å². The van der Waals surface area contributed by atoms with Crippen LogP contribution in [0, 0.1) is 0 Å². The van der Waals surface area contributed by atoms with Gasteiger partial charge < -0.3 is 14.1 Å². The molecule has 0 spiro atoms. The summed E-state index contributed by atoms with van der Waals surface area (Å²) in [7, 11) is 0. The highest BCUT2D eigenvalue weighted by Gasteiger charge is 2.50. The van der Waals surface area contributed by atoms with Crippen molar-refractivity contribution in [1.82, 2.24) is 4.48 Å². The minimum atomic E-state index is -0.147. The fourth-order valence-electron chi connectivity index (χ4n) is 8.91. The third-order valence-corrected chi connectivity index (χ3v) is 10.5. The van der Waals surface area contributed by atoms with Crippen molar-refractivity contribution in [2.75, 3.05) is 4.90 Å². The summed E-state index contributed by atoms with van der Waals surface area (Å²) in [5.74, 6) is 1.81. The van der Waals surface area contributed by atoms with Gasteiger partial charge in [0.15, 0.2) is 11.5 Å². The number of aromatic nitrogens is 1. The first-order chi connectivity index (χ1) is 21.1. The van der Waals surface area contributed by atoms with Gasteiger partial charge in [-0.1, -0.05) is 105 Å². The SMILES string of the molecule is CC1(C)c2ccccc2-c2c1n1c3c(cccc23)-c2c3c(cc4ccccc24)N2c4ccccc4Oc4cccc(c42)B31. The molecule has 4 heteroatoms. The molecule has 1 aliphatic carbocycles. The molecule has 4 aliphatic rings. The van der Waals surface area contributed by atoms with E-state index in [4.69, 9.17) is 4.74 Å². The lowest BCUT2D eigenvalue weighted by Crippen LogP contribution is -2.58. The van der Waals surface area contributed by atoms with Crippen molar-refractivity contribution < 1.29 is 4.74 Å². The number of nitrogens with zero attached hydrogens (tertiary/aromatic N) is 2. The third-order valence-electron chi connectivity index (χ3n) is 10.5. The molecule has 3 aliphatic heterocycles. The van der Waals surface area contributed by atoms with Gasteiger partial charge in [0.2, 0.25) is 0 Å². The molecular formula is C39H25BN2O. The Morgan fingerprint density at radius 2 is 1.40 bits per heavy atom. The molecule has 0 bridgehead atoms. The molecule has 11 rings (SSSR count). The highest BCUT2D eigenvalue weighted by molar-refractivity contribution is 6.90. The van der Waals surface area contributed by atoms with E-state index in [0.29, 0.717) is 0 Å². The van der Waals surface area contributed by atoms with Crippen LogP contribution in [0.4, 0.5) is 17.1 Å². The Kier molecular flexibility index (Phi) is 3.76. The van der Waals surface area contributed by atoms with Crippen molar-refractivity contribution in [3.05, 3.63) is 127 Å². The predicted molar refractivity (Wildman–Crippen MR) is 178 cm³/mol. The van der Waals surface area contributed by atoms with Crippen molar-refractivity contribution >= 4 is 56.5 Å². The fraction of sp³-hybridized carbons (Fsp3) is 0.0769. The van der Waals surface area contributed by atoms with Crippen molar-refractivity contribution in [2.24, 2.45) is 0 Å². The number of hydrogen-bond donors (Lipinski definition) is 0. The van der Waals surface area contributed by atoms with Gasteiger partial charge in [-0.15, -0.1) is 0 Å². The number of hydrogen-bond acceptors (Lipinski definition) is 2. The van der Waals surface area contributed by atoms with Gasteiger partial charge in [-0.05, 0) is 62.7 Å². The second-order valence-electron chi connectivity index (χ2n) is 12.9. The zero-order chi connectivity index (χ0) is 28.2. The minimum absolute atomic E-state index is 0.0180. The summed E-state index contributed by atoms with van der Waals surface area (Å²) < 4.78 is 9.34. The number of anilines is 3. The summed E-state index contributed by atoms with van der Waals surface area (Å²) in [6.07, 6.45) is 0. The molecule has 0 fully saturated rings. The van der Waals surface area contributed by atoms with Gasteiger partial charge in [0, 0.05) is 38.8 Å². The second kappa shape index (κ2) is 7.22. The Morgan fingerprint density at radius 1 is 0.651 bits per heavy atom. The van der Waals surface area contributed by atoms with Crippen LogP contribution in [0.1, 0.15) is 25.1 Å². The van der Waals surface area contributed by atoms with Crippen molar-refractivity contribution in [3.8, 4) is 33.8 Å². The molecule has 0 unspecified atom stereocenters. The van der Waals surface area contributed by atoms with Gasteiger partial charge in [-0.2, -0.15) is 0 Å². The topological polar surface area (TPSA) is 17.4 Å². The Balaban J connectivity index is 1.39. The van der Waals surface area contributed by atoms with Gasteiger partial charge in [0.1, 0.15) is 0 Å². The summed E-state index contributed by atoms with van der Waals surface area (Å²) in [6, 6.07) is 42.4. The molecule has 0 saturated carbocycles. The largest absolute Gasteiger partial charge is 0.453 e. The first kappa shape index (κ1) is 22.4. The second-order valence-corrected chi connectivity index (χ2v) is 12.9. The lowest BCUT2D eigenvalue weighted by molar-refractivity contribution is 0.477. The highest BCUT2D eigenvalue weighted by atomic mass is 16.5. The highest BCUT2D eigenvalue weighted by Crippen LogP contribution is 2.58. The molecule has 6 aromatic carbocycles. The van der Waals surface area contributed by atoms with Crippen molar-refractivity contribution in [3.63, 3.8) is 0 Å². The van der Waals surface area contributed by atoms with Crippen LogP contribution in [0.25, 0.3) is 43.9 Å². The average Bonchev–Trinajstić information content (AvgIpc) is 3.51. The molecule has 0 amide bonds. The van der Waals surface area contributed by atoms with Gasteiger partial charge in [-0.3, -0.25) is 0 Å². The standard InChI is InChI=1S/C39H25BN2O/c1-39(2)27-16-6-5-13-24(27)34-26-15-9-14-25-33-23-12-4-3-11-22(23)21-30-35(33)40(42(36(25)26)38(34)39)28-17-10-20-32-37(28)41(30)29-18-7-8-19-31(29)43-32/h3-21H,1-2H3. The molecule has 1 aromatic heterocycles. The normalized spacial score (nSPS) is 15.5. The van der Waals surface area contributed by atoms with Gasteiger partial charge in [-0.25, -0.2) is 0 Å². The minimum Gasteiger partial charge on any atom is -0.453 e. The first-order valence-corrected chi connectivity index (χ1v) is 15.2. The summed E-state index contributed by atoms with van der Waals surface area (Å²) in [5, 5.41) is 3.92. The van der Waals surface area contributed by atoms with Crippen LogP contribution in [0.2, 0.25) is 0 Å². The first-order valence-electron chi connectivity index (χ1n) is 15.2. The van der Waals surface area contributed by atoms with E-state index in [-0.39, 0.29) is 12.3 Å². The van der Waals surface area contributed by atoms with E-state index in [1.807, 2.05) is 0 Å². The predicted octanol–water partition coefficient (Wildman–Crippen LogP) is 8.62. The number of fused-ring (bicyclic) bond motifs is 13. The van der Waals surface area contributed by atoms with Gasteiger partial charge in [0.05, 0.1) is 11.4 Å². The molecule has 200 valence electrons. The monoisotopic (exact) mass is 548 g/mol. The fourth-order valence-corrected chi connectivity index (χ4v) is 8.91. The van der Waals surface area contributed by atoms with E-state index < -0.39 is 0 Å². The maximum atomic E-state index is 6.63. The van der Waals surface area contributed by atoms with Crippen LogP contribution in [0.15, 0.2) is 115 Å². The zero-order valence-electron chi connectivity index (χ0n) is 23.8. The van der Waals surface area contributed by atoms with Crippen molar-refractivity contribution in [2.45, 2.75) is 19.3 Å². The molecule has 3 nitrogen and oxygen atoms in total. The zero-order valence-corrected chi connectivity index (χ0v) is 23.8. The molecule has 43 heavy (non-hydrogen) atoms. The maximum Gasteiger partial charge on any atom is 0.333 e. The number of rotatable bonds is 0. The summed E-state index contributed by atoms with van der Waals surface area (Å²) in [4.78, 5) is 2.47. The quantitative estimate of drug-likeness (QED) is 0.177. The Morgan fingerprint density at radius 3 is 2.35 bits per heavy atom. The molecule has 0 atom stereocenters. The maximum absolute atomic E-state index is 6.63. The van der Waals surface area contributed by atoms with E-state index >= 15 is 0 Å². The Bertz CT molecular complexity index is 2430. The van der Waals surface area contributed by atoms with Crippen LogP contribution in [-0.2, 0) is 5.41 Å². The van der Waals surface area contributed by atoms with E-state index in [1.165, 1.54) is 71.8 Å². The van der Waals surface area contributed by atoms with E-state index in [2.05, 4.69) is 138 Å². The van der Waals surface area contributed by atoms with E-state index in [1.54, 1.807) is 0 Å². The molecule has 0 saturated heterocycles. The number of benzene rings is 6. The van der Waals surface area contributed by atoms with Crippen LogP contribution in [0.5, 0.6) is 11.5 Å². The number of ether oxygens (including phenoxy) is 1. The summed E-state index contributed by atoms with van der Waals surface area (Å²) in [6.45, 7) is 4.83. The Labute approximate surface area is 249 Å². The summed E-state index contributed by atoms with van der Waals surface area (Å²) in [5.41, 5.74) is 15.6. The number of para-hydroxylation sites is 4. The molecule has 0 radical (unpaired) electrons. The van der Waals surface area contributed by atoms with Gasteiger partial charge in [0.25, 0.3) is 0 Å². The van der Waals surface area contributed by atoms with Gasteiger partial charge >= 0.3 is 6.85 Å². The van der Waals surface area contributed by atoms with Crippen LogP contribution in [-0.4, -0.2) is 11.3 Å². The Hall–Kier alpha value is -5.22. The smallest absolute Gasteiger partial charge is 0.333 e.